The molecule has 0 bridgehead atoms. The number of allylic oxidation sites excluding steroid dienone is 1. The number of hydrogen-bond acceptors (Lipinski definition) is 3. The van der Waals surface area contributed by atoms with Crippen molar-refractivity contribution in [3.63, 3.8) is 0 Å². The number of rotatable bonds is 7. The van der Waals surface area contributed by atoms with Gasteiger partial charge in [0.2, 0.25) is 0 Å². The summed E-state index contributed by atoms with van der Waals surface area (Å²) in [4.78, 5) is 0. The Morgan fingerprint density at radius 1 is 1.19 bits per heavy atom. The van der Waals surface area contributed by atoms with E-state index in [1.807, 2.05) is 13.8 Å². The van der Waals surface area contributed by atoms with Crippen LogP contribution >= 0.6 is 0 Å². The second-order valence-electron chi connectivity index (χ2n) is 12.8. The molecule has 5 heteroatoms. The van der Waals surface area contributed by atoms with E-state index in [9.17, 15) is 9.32 Å². The summed E-state index contributed by atoms with van der Waals surface area (Å²) in [5, 5.41) is 10.1. The lowest BCUT2D eigenvalue weighted by atomic mass is 9.47. The molecule has 0 heterocycles. The minimum absolute atomic E-state index is 0.105. The van der Waals surface area contributed by atoms with Crippen molar-refractivity contribution < 1.29 is 18.1 Å². The van der Waals surface area contributed by atoms with Crippen LogP contribution in [0.25, 0.3) is 0 Å². The van der Waals surface area contributed by atoms with E-state index in [2.05, 4.69) is 26.8 Å². The normalized spacial score (nSPS) is 43.6. The molecule has 0 saturated heterocycles. The fourth-order valence-corrected chi connectivity index (χ4v) is 9.26. The molecule has 3 saturated carbocycles. The first-order chi connectivity index (χ1) is 14.9. The van der Waals surface area contributed by atoms with Crippen LogP contribution in [0.15, 0.2) is 11.6 Å². The SMILES string of the molecule is C[C@@H](CCCC(C)(C)O)[C@H]1CC[C@H]2[C@@H]3CC=C4C[C@@H](OS(=O)O)CC[C@]4(C)[C@H]3CC[C@]12C. The van der Waals surface area contributed by atoms with Gasteiger partial charge < -0.3 is 5.11 Å². The maximum Gasteiger partial charge on any atom is 0.302 e. The molecule has 0 radical (unpaired) electrons. The molecular formula is C27H46O4S. The van der Waals surface area contributed by atoms with Crippen molar-refractivity contribution in [1.82, 2.24) is 0 Å². The van der Waals surface area contributed by atoms with E-state index < -0.39 is 17.0 Å². The summed E-state index contributed by atoms with van der Waals surface area (Å²) < 4.78 is 25.6. The molecule has 0 aliphatic heterocycles. The van der Waals surface area contributed by atoms with Crippen LogP contribution in [-0.2, 0) is 15.5 Å². The Bertz CT molecular complexity index is 742. The Balaban J connectivity index is 1.45. The molecule has 1 unspecified atom stereocenters. The molecule has 0 amide bonds. The average molecular weight is 467 g/mol. The summed E-state index contributed by atoms with van der Waals surface area (Å²) in [5.74, 6) is 3.93. The molecule has 184 valence electrons. The summed E-state index contributed by atoms with van der Waals surface area (Å²) in [6.07, 6.45) is 15.1. The molecule has 32 heavy (non-hydrogen) atoms. The smallest absolute Gasteiger partial charge is 0.302 e. The average Bonchev–Trinajstić information content (AvgIpc) is 3.04. The lowest BCUT2D eigenvalue weighted by molar-refractivity contribution is -0.0559. The summed E-state index contributed by atoms with van der Waals surface area (Å²) in [7, 11) is 0. The van der Waals surface area contributed by atoms with Gasteiger partial charge in [-0.25, -0.2) is 0 Å². The third-order valence-corrected chi connectivity index (χ3v) is 10.9. The number of hydrogen-bond donors (Lipinski definition) is 2. The Morgan fingerprint density at radius 2 is 1.94 bits per heavy atom. The van der Waals surface area contributed by atoms with Crippen LogP contribution < -0.4 is 0 Å². The molecule has 4 aliphatic rings. The van der Waals surface area contributed by atoms with Crippen molar-refractivity contribution >= 4 is 11.4 Å². The van der Waals surface area contributed by atoms with Gasteiger partial charge in [-0.2, -0.15) is 4.21 Å². The van der Waals surface area contributed by atoms with Gasteiger partial charge >= 0.3 is 11.4 Å². The summed E-state index contributed by atoms with van der Waals surface area (Å²) >= 11 is -2.16. The van der Waals surface area contributed by atoms with Gasteiger partial charge in [0.15, 0.2) is 0 Å². The molecule has 2 N–H and O–H groups in total. The van der Waals surface area contributed by atoms with Gasteiger partial charge in [0.1, 0.15) is 0 Å². The monoisotopic (exact) mass is 466 g/mol. The number of aliphatic hydroxyl groups is 1. The maximum absolute atomic E-state index is 11.2. The molecule has 0 aromatic heterocycles. The molecule has 9 atom stereocenters. The van der Waals surface area contributed by atoms with Crippen molar-refractivity contribution in [3.8, 4) is 0 Å². The predicted octanol–water partition coefficient (Wildman–Crippen LogP) is 6.66. The first kappa shape index (κ1) is 24.9. The van der Waals surface area contributed by atoms with Gasteiger partial charge in [0, 0.05) is 0 Å². The zero-order valence-electron chi connectivity index (χ0n) is 20.9. The molecule has 3 fully saturated rings. The third-order valence-electron chi connectivity index (χ3n) is 10.5. The quantitative estimate of drug-likeness (QED) is 0.325. The van der Waals surface area contributed by atoms with Crippen LogP contribution in [-0.4, -0.2) is 25.6 Å². The van der Waals surface area contributed by atoms with E-state index in [4.69, 9.17) is 8.74 Å². The van der Waals surface area contributed by atoms with Gasteiger partial charge in [-0.05, 0) is 112 Å². The van der Waals surface area contributed by atoms with Gasteiger partial charge in [-0.15, -0.1) is 0 Å². The molecule has 0 aromatic carbocycles. The second kappa shape index (κ2) is 9.09. The first-order valence-electron chi connectivity index (χ1n) is 13.1. The van der Waals surface area contributed by atoms with Crippen molar-refractivity contribution in [2.75, 3.05) is 0 Å². The maximum atomic E-state index is 11.2. The fraction of sp³-hybridized carbons (Fsp3) is 0.926. The summed E-state index contributed by atoms with van der Waals surface area (Å²) in [5.41, 5.74) is 1.67. The highest BCUT2D eigenvalue weighted by Crippen LogP contribution is 2.67. The highest BCUT2D eigenvalue weighted by Gasteiger charge is 2.59. The van der Waals surface area contributed by atoms with Crippen LogP contribution in [0, 0.1) is 40.4 Å². The highest BCUT2D eigenvalue weighted by molar-refractivity contribution is 7.74. The zero-order chi connectivity index (χ0) is 23.3. The van der Waals surface area contributed by atoms with E-state index in [1.165, 1.54) is 44.1 Å². The third kappa shape index (κ3) is 4.65. The minimum atomic E-state index is -2.16. The summed E-state index contributed by atoms with van der Waals surface area (Å²) in [6, 6.07) is 0. The van der Waals surface area contributed by atoms with Crippen LogP contribution in [0.2, 0.25) is 0 Å². The second-order valence-corrected chi connectivity index (χ2v) is 13.5. The Hall–Kier alpha value is -0.230. The van der Waals surface area contributed by atoms with Crippen LogP contribution in [0.3, 0.4) is 0 Å². The van der Waals surface area contributed by atoms with Crippen molar-refractivity contribution in [3.05, 3.63) is 11.6 Å². The number of fused-ring (bicyclic) bond motifs is 5. The van der Waals surface area contributed by atoms with E-state index in [1.54, 1.807) is 0 Å². The van der Waals surface area contributed by atoms with E-state index >= 15 is 0 Å². The Morgan fingerprint density at radius 3 is 2.62 bits per heavy atom. The topological polar surface area (TPSA) is 66.8 Å². The lowest BCUT2D eigenvalue weighted by Crippen LogP contribution is -2.51. The zero-order valence-corrected chi connectivity index (χ0v) is 21.8. The van der Waals surface area contributed by atoms with E-state index in [0.29, 0.717) is 5.41 Å². The summed E-state index contributed by atoms with van der Waals surface area (Å²) in [6.45, 7) is 11.4. The Kier molecular flexibility index (Phi) is 7.07. The van der Waals surface area contributed by atoms with Crippen molar-refractivity contribution in [2.45, 2.75) is 117 Å². The largest absolute Gasteiger partial charge is 0.390 e. The van der Waals surface area contributed by atoms with Crippen LogP contribution in [0.4, 0.5) is 0 Å². The van der Waals surface area contributed by atoms with Crippen LogP contribution in [0.1, 0.15) is 105 Å². The molecule has 4 aliphatic carbocycles. The molecular weight excluding hydrogens is 420 g/mol. The van der Waals surface area contributed by atoms with Gasteiger partial charge in [-0.1, -0.05) is 45.3 Å². The predicted molar refractivity (Wildman–Crippen MR) is 130 cm³/mol. The van der Waals surface area contributed by atoms with Crippen LogP contribution in [0.5, 0.6) is 0 Å². The molecule has 0 spiro atoms. The first-order valence-corrected chi connectivity index (χ1v) is 14.2. The van der Waals surface area contributed by atoms with Crippen molar-refractivity contribution in [2.24, 2.45) is 40.4 Å². The van der Waals surface area contributed by atoms with Gasteiger partial charge in [0.05, 0.1) is 11.7 Å². The lowest BCUT2D eigenvalue weighted by Gasteiger charge is -2.58. The van der Waals surface area contributed by atoms with Gasteiger partial charge in [-0.3, -0.25) is 8.74 Å². The van der Waals surface area contributed by atoms with Crippen molar-refractivity contribution in [1.29, 1.82) is 0 Å². The Labute approximate surface area is 198 Å². The molecule has 4 nitrogen and oxygen atoms in total. The standard InChI is InChI=1S/C27H46O4S/c1-18(7-6-14-25(2,3)28)22-10-11-23-21-9-8-19-17-20(31-32(29)30)12-15-26(19,4)24(21)13-16-27(22,23)5/h8,18,20-24,28H,6-7,9-17H2,1-5H3,(H,29,30)/t18-,20-,21-,22+,23-,24-,26-,27+/m0/s1. The highest BCUT2D eigenvalue weighted by atomic mass is 32.2. The van der Waals surface area contributed by atoms with E-state index in [-0.39, 0.29) is 11.5 Å². The van der Waals surface area contributed by atoms with E-state index in [0.717, 1.165) is 61.7 Å². The molecule has 0 aromatic rings. The molecule has 4 rings (SSSR count). The van der Waals surface area contributed by atoms with Gasteiger partial charge in [0.25, 0.3) is 0 Å². The minimum Gasteiger partial charge on any atom is -0.390 e. The fourth-order valence-electron chi connectivity index (χ4n) is 8.86.